The van der Waals surface area contributed by atoms with E-state index >= 15 is 0 Å². The van der Waals surface area contributed by atoms with Gasteiger partial charge in [0.1, 0.15) is 0 Å². The van der Waals surface area contributed by atoms with Crippen molar-refractivity contribution in [2.75, 3.05) is 5.73 Å². The van der Waals surface area contributed by atoms with Gasteiger partial charge < -0.3 is 5.73 Å². The molecular weight excluding hydrogens is 258 g/mol. The lowest BCUT2D eigenvalue weighted by Gasteiger charge is -2.06. The van der Waals surface area contributed by atoms with Gasteiger partial charge in [0.25, 0.3) is 0 Å². The average Bonchev–Trinajstić information content (AvgIpc) is 2.56. The van der Waals surface area contributed by atoms with E-state index in [1.807, 2.05) is 66.7 Å². The first-order valence-electron chi connectivity index (χ1n) is 6.80. The number of hydrogen-bond acceptors (Lipinski definition) is 2. The molecule has 0 bridgehead atoms. The Kier molecular flexibility index (Phi) is 3.52. The zero-order chi connectivity index (χ0) is 14.7. The minimum atomic E-state index is -0.0484. The van der Waals surface area contributed by atoms with Gasteiger partial charge in [-0.3, -0.25) is 4.79 Å². The summed E-state index contributed by atoms with van der Waals surface area (Å²) in [6.45, 7) is 0. The number of ketones is 1. The Morgan fingerprint density at radius 1 is 0.667 bits per heavy atom. The first-order valence-corrected chi connectivity index (χ1v) is 6.80. The molecule has 2 N–H and O–H groups in total. The molecule has 21 heavy (non-hydrogen) atoms. The van der Waals surface area contributed by atoms with Crippen molar-refractivity contribution >= 4 is 11.5 Å². The van der Waals surface area contributed by atoms with Gasteiger partial charge in [0.2, 0.25) is 0 Å². The minimum absolute atomic E-state index is 0.0484. The maximum atomic E-state index is 12.4. The number of nitrogens with two attached hydrogens (primary N) is 1. The third-order valence-corrected chi connectivity index (χ3v) is 3.46. The van der Waals surface area contributed by atoms with E-state index in [9.17, 15) is 4.79 Å². The van der Waals surface area contributed by atoms with Crippen molar-refractivity contribution in [3.8, 4) is 11.1 Å². The number of rotatable bonds is 3. The van der Waals surface area contributed by atoms with Crippen molar-refractivity contribution in [2.45, 2.75) is 0 Å². The molecule has 0 saturated carbocycles. The Labute approximate surface area is 123 Å². The van der Waals surface area contributed by atoms with Crippen molar-refractivity contribution in [1.82, 2.24) is 0 Å². The predicted molar refractivity (Wildman–Crippen MR) is 86.2 cm³/mol. The molecule has 0 amide bonds. The summed E-state index contributed by atoms with van der Waals surface area (Å²) >= 11 is 0. The highest BCUT2D eigenvalue weighted by Gasteiger charge is 2.11. The summed E-state index contributed by atoms with van der Waals surface area (Å²) in [6, 6.07) is 24.8. The number of para-hydroxylation sites is 1. The zero-order valence-corrected chi connectivity index (χ0v) is 11.5. The second-order valence-electron chi connectivity index (χ2n) is 4.86. The smallest absolute Gasteiger partial charge is 0.195 e. The summed E-state index contributed by atoms with van der Waals surface area (Å²) in [7, 11) is 0. The lowest BCUT2D eigenvalue weighted by molar-refractivity contribution is 0.103. The normalized spacial score (nSPS) is 10.3. The van der Waals surface area contributed by atoms with Crippen LogP contribution in [0.25, 0.3) is 11.1 Å². The van der Waals surface area contributed by atoms with E-state index in [2.05, 4.69) is 0 Å². The molecule has 0 saturated heterocycles. The molecule has 0 aliphatic heterocycles. The first-order chi connectivity index (χ1) is 10.3. The Morgan fingerprint density at radius 2 is 1.24 bits per heavy atom. The molecule has 102 valence electrons. The minimum Gasteiger partial charge on any atom is -0.398 e. The van der Waals surface area contributed by atoms with Crippen LogP contribution >= 0.6 is 0 Å². The van der Waals surface area contributed by atoms with Crippen molar-refractivity contribution in [3.05, 3.63) is 90.0 Å². The van der Waals surface area contributed by atoms with Gasteiger partial charge in [0.15, 0.2) is 5.78 Å². The Hall–Kier alpha value is -2.87. The Balaban J connectivity index is 1.91. The number of carbonyl (C=O) groups is 1. The van der Waals surface area contributed by atoms with Gasteiger partial charge in [-0.1, -0.05) is 66.7 Å². The molecule has 0 atom stereocenters. The number of benzene rings is 3. The molecule has 0 aromatic heterocycles. The van der Waals surface area contributed by atoms with Crippen LogP contribution in [-0.4, -0.2) is 5.78 Å². The van der Waals surface area contributed by atoms with Gasteiger partial charge in [0, 0.05) is 16.8 Å². The monoisotopic (exact) mass is 273 g/mol. The van der Waals surface area contributed by atoms with E-state index in [-0.39, 0.29) is 5.78 Å². The fourth-order valence-electron chi connectivity index (χ4n) is 2.30. The van der Waals surface area contributed by atoms with E-state index in [1.165, 1.54) is 0 Å². The summed E-state index contributed by atoms with van der Waals surface area (Å²) < 4.78 is 0. The maximum Gasteiger partial charge on any atom is 0.195 e. The van der Waals surface area contributed by atoms with Gasteiger partial charge >= 0.3 is 0 Å². The Morgan fingerprint density at radius 3 is 1.90 bits per heavy atom. The molecule has 0 unspecified atom stereocenters. The van der Waals surface area contributed by atoms with Crippen LogP contribution in [0.4, 0.5) is 5.69 Å². The van der Waals surface area contributed by atoms with Gasteiger partial charge in [-0.25, -0.2) is 0 Å². The van der Waals surface area contributed by atoms with Gasteiger partial charge in [-0.15, -0.1) is 0 Å². The fourth-order valence-corrected chi connectivity index (χ4v) is 2.30. The molecule has 2 nitrogen and oxygen atoms in total. The maximum absolute atomic E-state index is 12.4. The molecule has 0 fully saturated rings. The fraction of sp³-hybridized carbons (Fsp3) is 0. The molecule has 3 aromatic rings. The van der Waals surface area contributed by atoms with Gasteiger partial charge in [-0.05, 0) is 23.3 Å². The van der Waals surface area contributed by atoms with Crippen LogP contribution < -0.4 is 5.73 Å². The summed E-state index contributed by atoms with van der Waals surface area (Å²) in [5.41, 5.74) is 9.79. The first kappa shape index (κ1) is 13.1. The van der Waals surface area contributed by atoms with Crippen LogP contribution in [0.1, 0.15) is 15.9 Å². The van der Waals surface area contributed by atoms with E-state index in [0.29, 0.717) is 16.8 Å². The SMILES string of the molecule is Nc1ccccc1C(=O)c1ccc(-c2ccccc2)cc1. The van der Waals surface area contributed by atoms with Crippen molar-refractivity contribution in [1.29, 1.82) is 0 Å². The van der Waals surface area contributed by atoms with Gasteiger partial charge in [-0.2, -0.15) is 0 Å². The highest BCUT2D eigenvalue weighted by atomic mass is 16.1. The van der Waals surface area contributed by atoms with Crippen molar-refractivity contribution < 1.29 is 4.79 Å². The van der Waals surface area contributed by atoms with E-state index in [0.717, 1.165) is 11.1 Å². The standard InChI is InChI=1S/C19H15NO/c20-18-9-5-4-8-17(18)19(21)16-12-10-15(11-13-16)14-6-2-1-3-7-14/h1-13H,20H2. The molecule has 0 aliphatic rings. The molecule has 0 heterocycles. The van der Waals surface area contributed by atoms with E-state index in [4.69, 9.17) is 5.73 Å². The molecule has 0 radical (unpaired) electrons. The number of anilines is 1. The largest absolute Gasteiger partial charge is 0.398 e. The summed E-state index contributed by atoms with van der Waals surface area (Å²) in [6.07, 6.45) is 0. The third-order valence-electron chi connectivity index (χ3n) is 3.46. The van der Waals surface area contributed by atoms with Crippen LogP contribution in [0.5, 0.6) is 0 Å². The highest BCUT2D eigenvalue weighted by molar-refractivity contribution is 6.12. The molecular formula is C19H15NO. The molecule has 0 spiro atoms. The van der Waals surface area contributed by atoms with E-state index < -0.39 is 0 Å². The lowest BCUT2D eigenvalue weighted by Crippen LogP contribution is -2.04. The van der Waals surface area contributed by atoms with Crippen molar-refractivity contribution in [3.63, 3.8) is 0 Å². The Bertz CT molecular complexity index is 761. The topological polar surface area (TPSA) is 43.1 Å². The summed E-state index contributed by atoms with van der Waals surface area (Å²) in [5.74, 6) is -0.0484. The summed E-state index contributed by atoms with van der Waals surface area (Å²) in [4.78, 5) is 12.4. The average molecular weight is 273 g/mol. The second kappa shape index (κ2) is 5.63. The van der Waals surface area contributed by atoms with Crippen LogP contribution in [-0.2, 0) is 0 Å². The number of hydrogen-bond donors (Lipinski definition) is 1. The quantitative estimate of drug-likeness (QED) is 0.575. The molecule has 2 heteroatoms. The lowest BCUT2D eigenvalue weighted by atomic mass is 9.98. The van der Waals surface area contributed by atoms with Crippen molar-refractivity contribution in [2.24, 2.45) is 0 Å². The van der Waals surface area contributed by atoms with Crippen LogP contribution in [0, 0.1) is 0 Å². The third kappa shape index (κ3) is 2.70. The van der Waals surface area contributed by atoms with Gasteiger partial charge in [0.05, 0.1) is 0 Å². The molecule has 3 rings (SSSR count). The summed E-state index contributed by atoms with van der Waals surface area (Å²) in [5, 5.41) is 0. The van der Waals surface area contributed by atoms with Crippen LogP contribution in [0.15, 0.2) is 78.9 Å². The van der Waals surface area contributed by atoms with Crippen LogP contribution in [0.2, 0.25) is 0 Å². The number of carbonyl (C=O) groups excluding carboxylic acids is 1. The highest BCUT2D eigenvalue weighted by Crippen LogP contribution is 2.21. The molecule has 0 aliphatic carbocycles. The predicted octanol–water partition coefficient (Wildman–Crippen LogP) is 4.17. The zero-order valence-electron chi connectivity index (χ0n) is 11.5. The second-order valence-corrected chi connectivity index (χ2v) is 4.86. The van der Waals surface area contributed by atoms with E-state index in [1.54, 1.807) is 12.1 Å². The number of nitrogen functional groups attached to an aromatic ring is 1. The molecule has 3 aromatic carbocycles. The van der Waals surface area contributed by atoms with Crippen LogP contribution in [0.3, 0.4) is 0 Å².